The highest BCUT2D eigenvalue weighted by Gasteiger charge is 2.25. The molecule has 0 radical (unpaired) electrons. The first-order chi connectivity index (χ1) is 9.60. The second-order valence-corrected chi connectivity index (χ2v) is 6.11. The van der Waals surface area contributed by atoms with Crippen molar-refractivity contribution in [3.8, 4) is 0 Å². The number of aryl methyl sites for hydroxylation is 2. The summed E-state index contributed by atoms with van der Waals surface area (Å²) in [6.07, 6.45) is -0.492. The largest absolute Gasteiger partial charge is 0.480 e. The monoisotopic (exact) mass is 293 g/mol. The lowest BCUT2D eigenvalue weighted by atomic mass is 9.96. The van der Waals surface area contributed by atoms with Crippen LogP contribution in [0.3, 0.4) is 0 Å². The normalized spacial score (nSPS) is 12.6. The van der Waals surface area contributed by atoms with E-state index in [0.29, 0.717) is 0 Å². The molecule has 0 bridgehead atoms. The number of aliphatic carboxylic acids is 1. The first kappa shape index (κ1) is 17.0. The van der Waals surface area contributed by atoms with E-state index in [4.69, 9.17) is 4.74 Å². The molecule has 0 fully saturated rings. The maximum absolute atomic E-state index is 11.7. The third kappa shape index (κ3) is 5.45. The van der Waals surface area contributed by atoms with Gasteiger partial charge in [-0.25, -0.2) is 9.59 Å². The maximum atomic E-state index is 11.7. The maximum Gasteiger partial charge on any atom is 0.408 e. The first-order valence-corrected chi connectivity index (χ1v) is 6.87. The molecule has 21 heavy (non-hydrogen) atoms. The topological polar surface area (TPSA) is 75.6 Å². The Morgan fingerprint density at radius 1 is 1.24 bits per heavy atom. The molecule has 1 aromatic rings. The van der Waals surface area contributed by atoms with Crippen LogP contribution in [0.15, 0.2) is 18.2 Å². The zero-order valence-electron chi connectivity index (χ0n) is 13.2. The second-order valence-electron chi connectivity index (χ2n) is 6.11. The van der Waals surface area contributed by atoms with Gasteiger partial charge in [-0.15, -0.1) is 0 Å². The molecule has 0 aromatic heterocycles. The molecule has 0 spiro atoms. The van der Waals surface area contributed by atoms with Gasteiger partial charge in [0.2, 0.25) is 0 Å². The molecule has 0 aliphatic heterocycles. The summed E-state index contributed by atoms with van der Waals surface area (Å²) in [5.41, 5.74) is 2.28. The summed E-state index contributed by atoms with van der Waals surface area (Å²) in [7, 11) is 0. The number of hydrogen-bond acceptors (Lipinski definition) is 3. The van der Waals surface area contributed by atoms with E-state index < -0.39 is 23.7 Å². The van der Waals surface area contributed by atoms with Gasteiger partial charge in [0, 0.05) is 6.42 Å². The molecule has 116 valence electrons. The number of benzene rings is 1. The number of rotatable bonds is 4. The van der Waals surface area contributed by atoms with Crippen molar-refractivity contribution < 1.29 is 19.4 Å². The molecule has 5 nitrogen and oxygen atoms in total. The minimum absolute atomic E-state index is 0.229. The van der Waals surface area contributed by atoms with Gasteiger partial charge in [-0.1, -0.05) is 18.2 Å². The highest BCUT2D eigenvalue weighted by molar-refractivity contribution is 5.80. The Kier molecular flexibility index (Phi) is 5.35. The first-order valence-electron chi connectivity index (χ1n) is 6.87. The van der Waals surface area contributed by atoms with Crippen LogP contribution in [0.1, 0.15) is 37.5 Å². The molecular weight excluding hydrogens is 270 g/mol. The van der Waals surface area contributed by atoms with Gasteiger partial charge in [0.15, 0.2) is 0 Å². The number of hydrogen-bond donors (Lipinski definition) is 2. The molecule has 1 atom stereocenters. The zero-order chi connectivity index (χ0) is 16.2. The Morgan fingerprint density at radius 2 is 1.76 bits per heavy atom. The summed E-state index contributed by atoms with van der Waals surface area (Å²) in [6.45, 7) is 9.04. The van der Waals surface area contributed by atoms with Crippen LogP contribution < -0.4 is 5.32 Å². The fourth-order valence-electron chi connectivity index (χ4n) is 2.02. The number of ether oxygens (including phenoxy) is 1. The highest BCUT2D eigenvalue weighted by atomic mass is 16.6. The van der Waals surface area contributed by atoms with Crippen LogP contribution in [0.25, 0.3) is 0 Å². The van der Waals surface area contributed by atoms with Gasteiger partial charge in [0.25, 0.3) is 0 Å². The van der Waals surface area contributed by atoms with E-state index in [1.807, 2.05) is 32.0 Å². The van der Waals surface area contributed by atoms with Crippen LogP contribution in [0.2, 0.25) is 0 Å². The summed E-state index contributed by atoms with van der Waals surface area (Å²) >= 11 is 0. The van der Waals surface area contributed by atoms with E-state index in [1.54, 1.807) is 20.8 Å². The van der Waals surface area contributed by atoms with E-state index >= 15 is 0 Å². The van der Waals surface area contributed by atoms with E-state index in [1.165, 1.54) is 0 Å². The van der Waals surface area contributed by atoms with Crippen LogP contribution >= 0.6 is 0 Å². The van der Waals surface area contributed by atoms with E-state index in [-0.39, 0.29) is 6.42 Å². The number of carbonyl (C=O) groups is 2. The second kappa shape index (κ2) is 6.61. The van der Waals surface area contributed by atoms with Crippen molar-refractivity contribution in [2.45, 2.75) is 52.7 Å². The molecule has 0 heterocycles. The SMILES string of the molecule is Cc1cccc(C)c1C[C@H](NC(=O)OC(C)(C)C)C(=O)O. The zero-order valence-corrected chi connectivity index (χ0v) is 13.2. The molecule has 0 aliphatic rings. The Morgan fingerprint density at radius 3 is 2.19 bits per heavy atom. The van der Waals surface area contributed by atoms with Crippen molar-refractivity contribution in [3.63, 3.8) is 0 Å². The van der Waals surface area contributed by atoms with E-state index in [9.17, 15) is 14.7 Å². The number of nitrogens with one attached hydrogen (secondary N) is 1. The number of carbonyl (C=O) groups excluding carboxylic acids is 1. The van der Waals surface area contributed by atoms with Crippen LogP contribution in [0.5, 0.6) is 0 Å². The summed E-state index contributed by atoms with van der Waals surface area (Å²) in [6, 6.07) is 4.76. The van der Waals surface area contributed by atoms with Crippen molar-refractivity contribution in [2.75, 3.05) is 0 Å². The van der Waals surface area contributed by atoms with E-state index in [0.717, 1.165) is 16.7 Å². The van der Waals surface area contributed by atoms with Gasteiger partial charge in [-0.2, -0.15) is 0 Å². The lowest BCUT2D eigenvalue weighted by Gasteiger charge is -2.22. The fraction of sp³-hybridized carbons (Fsp3) is 0.500. The molecule has 1 rings (SSSR count). The van der Waals surface area contributed by atoms with Gasteiger partial charge in [-0.3, -0.25) is 0 Å². The van der Waals surface area contributed by atoms with Gasteiger partial charge in [0.1, 0.15) is 11.6 Å². The van der Waals surface area contributed by atoms with Crippen molar-refractivity contribution in [1.82, 2.24) is 5.32 Å². The Hall–Kier alpha value is -2.04. The van der Waals surface area contributed by atoms with Crippen LogP contribution in [0.4, 0.5) is 4.79 Å². The fourth-order valence-corrected chi connectivity index (χ4v) is 2.02. The minimum Gasteiger partial charge on any atom is -0.480 e. The van der Waals surface area contributed by atoms with Crippen LogP contribution in [0, 0.1) is 13.8 Å². The molecule has 0 unspecified atom stereocenters. The third-order valence-electron chi connectivity index (χ3n) is 3.04. The van der Waals surface area contributed by atoms with Crippen molar-refractivity contribution >= 4 is 12.1 Å². The van der Waals surface area contributed by atoms with Crippen molar-refractivity contribution in [3.05, 3.63) is 34.9 Å². The molecular formula is C16H23NO4. The van der Waals surface area contributed by atoms with Gasteiger partial charge >= 0.3 is 12.1 Å². The molecule has 0 aliphatic carbocycles. The van der Waals surface area contributed by atoms with Crippen molar-refractivity contribution in [2.24, 2.45) is 0 Å². The molecule has 1 aromatic carbocycles. The number of carboxylic acids is 1. The molecule has 5 heteroatoms. The number of carboxylic acid groups (broad SMARTS) is 1. The smallest absolute Gasteiger partial charge is 0.408 e. The van der Waals surface area contributed by atoms with Crippen molar-refractivity contribution in [1.29, 1.82) is 0 Å². The summed E-state index contributed by atoms with van der Waals surface area (Å²) in [5.74, 6) is -1.08. The molecule has 0 saturated carbocycles. The summed E-state index contributed by atoms with van der Waals surface area (Å²) in [4.78, 5) is 23.1. The molecule has 1 amide bonds. The van der Waals surface area contributed by atoms with Gasteiger partial charge < -0.3 is 15.2 Å². The van der Waals surface area contributed by atoms with Gasteiger partial charge in [-0.05, 0) is 51.3 Å². The quantitative estimate of drug-likeness (QED) is 0.895. The number of amides is 1. The Balaban J connectivity index is 2.84. The Labute approximate surface area is 125 Å². The molecule has 0 saturated heterocycles. The summed E-state index contributed by atoms with van der Waals surface area (Å²) < 4.78 is 5.10. The Bertz CT molecular complexity index is 511. The third-order valence-corrected chi connectivity index (χ3v) is 3.04. The van der Waals surface area contributed by atoms with Crippen LogP contribution in [-0.2, 0) is 16.0 Å². The lowest BCUT2D eigenvalue weighted by molar-refractivity contribution is -0.139. The molecule has 2 N–H and O–H groups in total. The average molecular weight is 293 g/mol. The minimum atomic E-state index is -1.08. The van der Waals surface area contributed by atoms with Gasteiger partial charge in [0.05, 0.1) is 0 Å². The lowest BCUT2D eigenvalue weighted by Crippen LogP contribution is -2.44. The van der Waals surface area contributed by atoms with E-state index in [2.05, 4.69) is 5.32 Å². The standard InChI is InChI=1S/C16H23NO4/c1-10-7-6-8-11(2)12(10)9-13(14(18)19)17-15(20)21-16(3,4)5/h6-8,13H,9H2,1-5H3,(H,17,20)(H,18,19)/t13-/m0/s1. The predicted molar refractivity (Wildman–Crippen MR) is 80.4 cm³/mol. The highest BCUT2D eigenvalue weighted by Crippen LogP contribution is 2.16. The average Bonchev–Trinajstić information content (AvgIpc) is 2.29. The number of alkyl carbamates (subject to hydrolysis) is 1. The predicted octanol–water partition coefficient (Wildman–Crippen LogP) is 2.82. The summed E-state index contributed by atoms with van der Waals surface area (Å²) in [5, 5.41) is 11.7. The van der Waals surface area contributed by atoms with Crippen LogP contribution in [-0.4, -0.2) is 28.8 Å².